The van der Waals surface area contributed by atoms with Gasteiger partial charge in [-0.05, 0) is 13.0 Å². The summed E-state index contributed by atoms with van der Waals surface area (Å²) >= 11 is 0. The van der Waals surface area contributed by atoms with Crippen LogP contribution in [0.4, 0.5) is 0 Å². The first-order valence-corrected chi connectivity index (χ1v) is 4.08. The van der Waals surface area contributed by atoms with Gasteiger partial charge in [-0.25, -0.2) is 0 Å². The van der Waals surface area contributed by atoms with Crippen molar-refractivity contribution in [1.29, 1.82) is 0 Å². The highest BCUT2D eigenvalue weighted by atomic mass is 16.7. The van der Waals surface area contributed by atoms with Crippen LogP contribution in [0.5, 0.6) is 0 Å². The Hall–Kier alpha value is -1.58. The van der Waals surface area contributed by atoms with Gasteiger partial charge < -0.3 is 4.84 Å². The molecule has 68 valence electrons. The average Bonchev–Trinajstić information content (AvgIpc) is 2.60. The van der Waals surface area contributed by atoms with Crippen LogP contribution in [0.1, 0.15) is 13.3 Å². The lowest BCUT2D eigenvalue weighted by Gasteiger charge is -2.22. The lowest BCUT2D eigenvalue weighted by atomic mass is 10.2. The highest BCUT2D eigenvalue weighted by molar-refractivity contribution is 5.94. The second-order valence-corrected chi connectivity index (χ2v) is 3.12. The number of carbonyl (C=O) groups excluding carboxylic acids is 1. The number of allylic oxidation sites excluding steroid dienone is 1. The number of hydrogen-bond donors (Lipinski definition) is 0. The predicted octanol–water partition coefficient (Wildman–Crippen LogP) is 1.02. The fourth-order valence-corrected chi connectivity index (χ4v) is 1.41. The fraction of sp³-hybridized carbons (Fsp3) is 0.333. The maximum Gasteiger partial charge on any atom is 0.254 e. The normalized spacial score (nSPS) is 26.7. The Labute approximate surface area is 76.2 Å². The van der Waals surface area contributed by atoms with Gasteiger partial charge in [-0.15, -0.1) is 0 Å². The van der Waals surface area contributed by atoms with E-state index >= 15 is 0 Å². The van der Waals surface area contributed by atoms with E-state index in [9.17, 15) is 4.79 Å². The van der Waals surface area contributed by atoms with Crippen molar-refractivity contribution in [2.45, 2.75) is 19.6 Å². The summed E-state index contributed by atoms with van der Waals surface area (Å²) in [5.74, 6) is -0.0834. The Morgan fingerprint density at radius 1 is 1.69 bits per heavy atom. The second kappa shape index (κ2) is 2.73. The standard InChI is InChI=1S/C9H10N2O2/c1-6-5-9(13-10-6)11-7(2)3-4-8(11)12/h3-4,9H,2,5H2,1H3. The van der Waals surface area contributed by atoms with E-state index in [0.717, 1.165) is 5.71 Å². The molecule has 2 rings (SSSR count). The lowest BCUT2D eigenvalue weighted by molar-refractivity contribution is -0.133. The third-order valence-electron chi connectivity index (χ3n) is 2.05. The van der Waals surface area contributed by atoms with Crippen molar-refractivity contribution in [2.24, 2.45) is 5.16 Å². The smallest absolute Gasteiger partial charge is 0.254 e. The summed E-state index contributed by atoms with van der Waals surface area (Å²) in [7, 11) is 0. The van der Waals surface area contributed by atoms with Gasteiger partial charge in [-0.3, -0.25) is 9.69 Å². The van der Waals surface area contributed by atoms with E-state index in [1.165, 1.54) is 11.0 Å². The molecule has 1 unspecified atom stereocenters. The highest BCUT2D eigenvalue weighted by Gasteiger charge is 2.32. The fourth-order valence-electron chi connectivity index (χ4n) is 1.41. The molecule has 4 heteroatoms. The third kappa shape index (κ3) is 1.24. The monoisotopic (exact) mass is 178 g/mol. The summed E-state index contributed by atoms with van der Waals surface area (Å²) in [6.07, 6.45) is 3.53. The molecular weight excluding hydrogens is 168 g/mol. The molecule has 0 aliphatic carbocycles. The average molecular weight is 178 g/mol. The SMILES string of the molecule is C=C1C=CC(=O)N1C1CC(C)=NO1. The molecule has 2 heterocycles. The van der Waals surface area contributed by atoms with Gasteiger partial charge in [0, 0.05) is 18.2 Å². The zero-order valence-electron chi connectivity index (χ0n) is 7.36. The van der Waals surface area contributed by atoms with Crippen LogP contribution in [-0.2, 0) is 9.63 Å². The molecule has 0 saturated heterocycles. The molecule has 0 aromatic rings. The molecule has 1 atom stereocenters. The first-order chi connectivity index (χ1) is 6.18. The molecule has 0 N–H and O–H groups in total. The molecule has 1 amide bonds. The van der Waals surface area contributed by atoms with Crippen LogP contribution in [0.3, 0.4) is 0 Å². The van der Waals surface area contributed by atoms with Crippen LogP contribution in [0, 0.1) is 0 Å². The van der Waals surface area contributed by atoms with E-state index in [2.05, 4.69) is 11.7 Å². The van der Waals surface area contributed by atoms with Crippen LogP contribution >= 0.6 is 0 Å². The molecular formula is C9H10N2O2. The van der Waals surface area contributed by atoms with Crippen LogP contribution in [0.2, 0.25) is 0 Å². The summed E-state index contributed by atoms with van der Waals surface area (Å²) in [6, 6.07) is 0. The molecule has 0 radical (unpaired) electrons. The summed E-state index contributed by atoms with van der Waals surface area (Å²) in [4.78, 5) is 17.9. The Morgan fingerprint density at radius 2 is 2.46 bits per heavy atom. The van der Waals surface area contributed by atoms with Gasteiger partial charge in [-0.2, -0.15) is 0 Å². The highest BCUT2D eigenvalue weighted by Crippen LogP contribution is 2.23. The van der Waals surface area contributed by atoms with Crippen molar-refractivity contribution in [2.75, 3.05) is 0 Å². The van der Waals surface area contributed by atoms with Crippen LogP contribution < -0.4 is 0 Å². The maximum atomic E-state index is 11.3. The van der Waals surface area contributed by atoms with Crippen molar-refractivity contribution in [3.8, 4) is 0 Å². The van der Waals surface area contributed by atoms with Crippen molar-refractivity contribution in [3.63, 3.8) is 0 Å². The number of carbonyl (C=O) groups is 1. The summed E-state index contributed by atoms with van der Waals surface area (Å²) in [5.41, 5.74) is 1.57. The first-order valence-electron chi connectivity index (χ1n) is 4.08. The number of rotatable bonds is 1. The zero-order chi connectivity index (χ0) is 9.42. The first kappa shape index (κ1) is 8.04. The summed E-state index contributed by atoms with van der Waals surface area (Å²) < 4.78 is 0. The molecule has 0 saturated carbocycles. The number of oxime groups is 1. The molecule has 2 aliphatic rings. The quantitative estimate of drug-likeness (QED) is 0.601. The summed E-state index contributed by atoms with van der Waals surface area (Å²) in [6.45, 7) is 5.61. The maximum absolute atomic E-state index is 11.3. The van der Waals surface area contributed by atoms with Crippen molar-refractivity contribution < 1.29 is 9.63 Å². The van der Waals surface area contributed by atoms with E-state index in [0.29, 0.717) is 12.1 Å². The van der Waals surface area contributed by atoms with Gasteiger partial charge >= 0.3 is 0 Å². The minimum Gasteiger partial charge on any atom is -0.370 e. The van der Waals surface area contributed by atoms with E-state index in [-0.39, 0.29) is 12.1 Å². The van der Waals surface area contributed by atoms with Gasteiger partial charge in [0.25, 0.3) is 5.91 Å². The minimum absolute atomic E-state index is 0.0834. The van der Waals surface area contributed by atoms with E-state index in [4.69, 9.17) is 4.84 Å². The van der Waals surface area contributed by atoms with Gasteiger partial charge in [-0.1, -0.05) is 11.7 Å². The minimum atomic E-state index is -0.296. The second-order valence-electron chi connectivity index (χ2n) is 3.12. The van der Waals surface area contributed by atoms with Gasteiger partial charge in [0.1, 0.15) is 0 Å². The Kier molecular flexibility index (Phi) is 1.69. The predicted molar refractivity (Wildman–Crippen MR) is 47.7 cm³/mol. The van der Waals surface area contributed by atoms with Gasteiger partial charge in [0.05, 0.1) is 5.71 Å². The van der Waals surface area contributed by atoms with E-state index in [1.54, 1.807) is 6.08 Å². The zero-order valence-corrected chi connectivity index (χ0v) is 7.36. The number of nitrogens with zero attached hydrogens (tertiary/aromatic N) is 2. The Bertz CT molecular complexity index is 313. The number of hydrogen-bond acceptors (Lipinski definition) is 3. The molecule has 0 bridgehead atoms. The van der Waals surface area contributed by atoms with Crippen molar-refractivity contribution in [1.82, 2.24) is 4.90 Å². The third-order valence-corrected chi connectivity index (χ3v) is 2.05. The number of amides is 1. The van der Waals surface area contributed by atoms with Gasteiger partial charge in [0.15, 0.2) is 0 Å². The Balaban J connectivity index is 2.11. The molecule has 0 fully saturated rings. The molecule has 0 spiro atoms. The lowest BCUT2D eigenvalue weighted by Crippen LogP contribution is -2.35. The molecule has 2 aliphatic heterocycles. The Morgan fingerprint density at radius 3 is 2.92 bits per heavy atom. The largest absolute Gasteiger partial charge is 0.370 e. The van der Waals surface area contributed by atoms with Crippen LogP contribution in [0.25, 0.3) is 0 Å². The van der Waals surface area contributed by atoms with Crippen molar-refractivity contribution >= 4 is 11.6 Å². The van der Waals surface area contributed by atoms with Crippen molar-refractivity contribution in [3.05, 3.63) is 24.4 Å². The topological polar surface area (TPSA) is 41.9 Å². The van der Waals surface area contributed by atoms with Gasteiger partial charge in [0.2, 0.25) is 6.23 Å². The van der Waals surface area contributed by atoms with Crippen LogP contribution in [0.15, 0.2) is 29.6 Å². The molecule has 0 aromatic heterocycles. The van der Waals surface area contributed by atoms with E-state index in [1.807, 2.05) is 6.92 Å². The summed E-state index contributed by atoms with van der Waals surface area (Å²) in [5, 5.41) is 3.78. The molecule has 4 nitrogen and oxygen atoms in total. The molecule has 0 aromatic carbocycles. The van der Waals surface area contributed by atoms with E-state index < -0.39 is 0 Å². The van der Waals surface area contributed by atoms with Crippen LogP contribution in [-0.4, -0.2) is 22.7 Å². The molecule has 13 heavy (non-hydrogen) atoms.